The molecule has 158 valence electrons. The van der Waals surface area contributed by atoms with Crippen LogP contribution in [0.15, 0.2) is 0 Å². The molecular formula is C18H38O7S. The molecule has 8 heteroatoms. The first-order valence-electron chi connectivity index (χ1n) is 9.92. The van der Waals surface area contributed by atoms with Crippen molar-refractivity contribution in [2.24, 2.45) is 0 Å². The second-order valence-electron chi connectivity index (χ2n) is 6.18. The lowest BCUT2D eigenvalue weighted by Crippen LogP contribution is -2.16. The van der Waals surface area contributed by atoms with Gasteiger partial charge < -0.3 is 14.6 Å². The molecule has 0 rings (SSSR count). The van der Waals surface area contributed by atoms with E-state index in [1.807, 2.05) is 0 Å². The van der Waals surface area contributed by atoms with E-state index in [-0.39, 0.29) is 33.0 Å². The van der Waals surface area contributed by atoms with Gasteiger partial charge in [-0.1, -0.05) is 64.7 Å². The van der Waals surface area contributed by atoms with Gasteiger partial charge in [-0.25, -0.2) is 8.37 Å². The van der Waals surface area contributed by atoms with Crippen LogP contribution in [0.2, 0.25) is 0 Å². The number of ether oxygens (including phenoxy) is 2. The molecule has 0 aromatic carbocycles. The third-order valence-corrected chi connectivity index (χ3v) is 4.70. The maximum Gasteiger partial charge on any atom is 0.399 e. The van der Waals surface area contributed by atoms with Crippen molar-refractivity contribution in [3.05, 3.63) is 0 Å². The van der Waals surface area contributed by atoms with Gasteiger partial charge in [0.2, 0.25) is 0 Å². The highest BCUT2D eigenvalue weighted by atomic mass is 32.3. The van der Waals surface area contributed by atoms with E-state index in [1.54, 1.807) is 0 Å². The van der Waals surface area contributed by atoms with Gasteiger partial charge in [0.05, 0.1) is 46.2 Å². The molecule has 26 heavy (non-hydrogen) atoms. The highest BCUT2D eigenvalue weighted by Crippen LogP contribution is 2.10. The molecule has 0 amide bonds. The number of rotatable bonds is 21. The normalized spacial score (nSPS) is 11.9. The lowest BCUT2D eigenvalue weighted by atomic mass is 10.1. The molecule has 0 aliphatic carbocycles. The van der Waals surface area contributed by atoms with Crippen molar-refractivity contribution in [2.75, 3.05) is 46.2 Å². The van der Waals surface area contributed by atoms with Crippen LogP contribution in [0.5, 0.6) is 0 Å². The first-order chi connectivity index (χ1) is 12.6. The first kappa shape index (κ1) is 25.8. The molecule has 0 heterocycles. The van der Waals surface area contributed by atoms with Crippen molar-refractivity contribution in [1.29, 1.82) is 0 Å². The van der Waals surface area contributed by atoms with Gasteiger partial charge in [0.1, 0.15) is 0 Å². The molecule has 0 unspecified atom stereocenters. The molecule has 0 bridgehead atoms. The Hall–Kier alpha value is -0.250. The molecule has 0 fully saturated rings. The average molecular weight is 399 g/mol. The van der Waals surface area contributed by atoms with Crippen LogP contribution in [0.1, 0.15) is 71.1 Å². The van der Waals surface area contributed by atoms with Gasteiger partial charge in [0, 0.05) is 0 Å². The Morgan fingerprint density at radius 3 is 1.65 bits per heavy atom. The molecule has 0 radical (unpaired) electrons. The summed E-state index contributed by atoms with van der Waals surface area (Å²) in [4.78, 5) is 0. The summed E-state index contributed by atoms with van der Waals surface area (Å²) in [6.07, 6.45) is 11.8. The van der Waals surface area contributed by atoms with E-state index in [2.05, 4.69) is 6.92 Å². The van der Waals surface area contributed by atoms with E-state index in [0.717, 1.165) is 19.3 Å². The van der Waals surface area contributed by atoms with E-state index >= 15 is 0 Å². The van der Waals surface area contributed by atoms with Gasteiger partial charge >= 0.3 is 10.4 Å². The summed E-state index contributed by atoms with van der Waals surface area (Å²) in [5, 5.41) is 8.51. The molecule has 0 saturated carbocycles. The zero-order valence-corrected chi connectivity index (χ0v) is 17.1. The molecule has 0 atom stereocenters. The Morgan fingerprint density at radius 2 is 1.08 bits per heavy atom. The van der Waals surface area contributed by atoms with Crippen LogP contribution >= 0.6 is 0 Å². The fourth-order valence-electron chi connectivity index (χ4n) is 2.37. The lowest BCUT2D eigenvalue weighted by molar-refractivity contribution is 0.0236. The number of aliphatic hydroxyl groups is 1. The molecule has 0 aromatic rings. The average Bonchev–Trinajstić information content (AvgIpc) is 2.62. The van der Waals surface area contributed by atoms with Gasteiger partial charge in [-0.05, 0) is 6.42 Å². The van der Waals surface area contributed by atoms with Crippen LogP contribution in [0.25, 0.3) is 0 Å². The standard InChI is InChI=1S/C18H38O7S/c1-2-3-4-5-6-7-8-9-10-11-13-24-26(20,21)25-18-17-23-16-15-22-14-12-19/h19H,2-18H2,1H3. The van der Waals surface area contributed by atoms with Crippen molar-refractivity contribution in [3.8, 4) is 0 Å². The van der Waals surface area contributed by atoms with E-state index in [4.69, 9.17) is 22.9 Å². The van der Waals surface area contributed by atoms with Crippen LogP contribution in [0.4, 0.5) is 0 Å². The fourth-order valence-corrected chi connectivity index (χ4v) is 3.03. The summed E-state index contributed by atoms with van der Waals surface area (Å²) in [5.41, 5.74) is 0. The lowest BCUT2D eigenvalue weighted by Gasteiger charge is -2.07. The van der Waals surface area contributed by atoms with Gasteiger partial charge in [0.25, 0.3) is 0 Å². The largest absolute Gasteiger partial charge is 0.399 e. The Bertz CT molecular complexity index is 374. The Morgan fingerprint density at radius 1 is 0.615 bits per heavy atom. The molecule has 0 aliphatic heterocycles. The van der Waals surface area contributed by atoms with Gasteiger partial charge in [-0.3, -0.25) is 0 Å². The summed E-state index contributed by atoms with van der Waals surface area (Å²) in [6.45, 7) is 3.35. The van der Waals surface area contributed by atoms with E-state index < -0.39 is 10.4 Å². The number of aliphatic hydroxyl groups excluding tert-OH is 1. The smallest absolute Gasteiger partial charge is 0.394 e. The van der Waals surface area contributed by atoms with Crippen molar-refractivity contribution < 1.29 is 31.4 Å². The second-order valence-corrected chi connectivity index (χ2v) is 7.47. The third-order valence-electron chi connectivity index (χ3n) is 3.79. The first-order valence-corrected chi connectivity index (χ1v) is 11.3. The van der Waals surface area contributed by atoms with E-state index in [0.29, 0.717) is 13.2 Å². The zero-order valence-electron chi connectivity index (χ0n) is 16.3. The minimum Gasteiger partial charge on any atom is -0.394 e. The van der Waals surface area contributed by atoms with Gasteiger partial charge in [-0.2, -0.15) is 8.42 Å². The van der Waals surface area contributed by atoms with Crippen molar-refractivity contribution in [2.45, 2.75) is 71.1 Å². The Balaban J connectivity index is 3.34. The van der Waals surface area contributed by atoms with Crippen molar-refractivity contribution in [3.63, 3.8) is 0 Å². The van der Waals surface area contributed by atoms with Gasteiger partial charge in [0.15, 0.2) is 0 Å². The van der Waals surface area contributed by atoms with Crippen molar-refractivity contribution >= 4 is 10.4 Å². The minimum absolute atomic E-state index is 0.0300. The third kappa shape index (κ3) is 20.1. The molecule has 0 saturated heterocycles. The second kappa shape index (κ2) is 19.5. The van der Waals surface area contributed by atoms with Crippen LogP contribution in [-0.2, 0) is 28.2 Å². The van der Waals surface area contributed by atoms with Crippen molar-refractivity contribution in [1.82, 2.24) is 0 Å². The fraction of sp³-hybridized carbons (Fsp3) is 1.00. The topological polar surface area (TPSA) is 91.3 Å². The summed E-state index contributed by atoms with van der Waals surface area (Å²) >= 11 is 0. The quantitative estimate of drug-likeness (QED) is 0.297. The number of hydrogen-bond donors (Lipinski definition) is 1. The summed E-state index contributed by atoms with van der Waals surface area (Å²) in [6, 6.07) is 0. The molecule has 0 aliphatic rings. The predicted molar refractivity (Wildman–Crippen MR) is 101 cm³/mol. The summed E-state index contributed by atoms with van der Waals surface area (Å²) in [5.74, 6) is 0. The van der Waals surface area contributed by atoms with Crippen LogP contribution in [0, 0.1) is 0 Å². The Labute approximate surface area is 159 Å². The minimum atomic E-state index is -3.94. The van der Waals surface area contributed by atoms with Gasteiger partial charge in [-0.15, -0.1) is 0 Å². The number of hydrogen-bond acceptors (Lipinski definition) is 7. The maximum atomic E-state index is 11.5. The Kier molecular flexibility index (Phi) is 19.3. The highest BCUT2D eigenvalue weighted by molar-refractivity contribution is 7.81. The van der Waals surface area contributed by atoms with Crippen LogP contribution < -0.4 is 0 Å². The highest BCUT2D eigenvalue weighted by Gasteiger charge is 2.11. The molecule has 7 nitrogen and oxygen atoms in total. The molecular weight excluding hydrogens is 360 g/mol. The molecule has 0 spiro atoms. The summed E-state index contributed by atoms with van der Waals surface area (Å²) < 4.78 is 42.7. The summed E-state index contributed by atoms with van der Waals surface area (Å²) in [7, 11) is -3.94. The predicted octanol–water partition coefficient (Wildman–Crippen LogP) is 3.21. The maximum absolute atomic E-state index is 11.5. The number of unbranched alkanes of at least 4 members (excludes halogenated alkanes) is 9. The monoisotopic (exact) mass is 398 g/mol. The molecule has 0 aromatic heterocycles. The van der Waals surface area contributed by atoms with E-state index in [1.165, 1.54) is 44.9 Å². The van der Waals surface area contributed by atoms with E-state index in [9.17, 15) is 8.42 Å². The SMILES string of the molecule is CCCCCCCCCCCCOS(=O)(=O)OCCOCCOCCO. The zero-order chi connectivity index (χ0) is 19.3. The van der Waals surface area contributed by atoms with Crippen LogP contribution in [-0.4, -0.2) is 59.8 Å². The van der Waals surface area contributed by atoms with Crippen LogP contribution in [0.3, 0.4) is 0 Å². The molecule has 1 N–H and O–H groups in total.